The Morgan fingerprint density at radius 2 is 2.42 bits per heavy atom. The normalized spacial score (nSPS) is 27.8. The third kappa shape index (κ3) is 2.73. The Morgan fingerprint density at radius 3 is 2.92 bits per heavy atom. The number of aliphatic hydroxyl groups excluding tert-OH is 1. The number of rotatable bonds is 4. The lowest BCUT2D eigenvalue weighted by molar-refractivity contribution is 0.110. The Labute approximate surface area is 74.8 Å². The van der Waals surface area contributed by atoms with Gasteiger partial charge in [0.25, 0.3) is 0 Å². The van der Waals surface area contributed by atoms with Gasteiger partial charge in [-0.2, -0.15) is 0 Å². The molecule has 1 rings (SSSR count). The molecule has 2 atom stereocenters. The van der Waals surface area contributed by atoms with Crippen molar-refractivity contribution in [3.8, 4) is 0 Å². The molecule has 0 saturated carbocycles. The van der Waals surface area contributed by atoms with E-state index >= 15 is 0 Å². The van der Waals surface area contributed by atoms with Gasteiger partial charge in [-0.15, -0.1) is 0 Å². The van der Waals surface area contributed by atoms with Crippen LogP contribution in [0.3, 0.4) is 0 Å². The molecule has 0 bridgehead atoms. The molecule has 1 fully saturated rings. The Kier molecular flexibility index (Phi) is 3.98. The van der Waals surface area contributed by atoms with Crippen molar-refractivity contribution in [2.75, 3.05) is 26.7 Å². The van der Waals surface area contributed by atoms with Gasteiger partial charge in [-0.1, -0.05) is 0 Å². The van der Waals surface area contributed by atoms with Crippen molar-refractivity contribution in [3.05, 3.63) is 0 Å². The Balaban J connectivity index is 2.20. The van der Waals surface area contributed by atoms with E-state index in [0.717, 1.165) is 13.1 Å². The van der Waals surface area contributed by atoms with Crippen molar-refractivity contribution >= 4 is 0 Å². The van der Waals surface area contributed by atoms with E-state index in [2.05, 4.69) is 17.1 Å². The maximum atomic E-state index is 9.52. The zero-order chi connectivity index (χ0) is 8.97. The Bertz CT molecular complexity index is 130. The summed E-state index contributed by atoms with van der Waals surface area (Å²) in [6.07, 6.45) is 2.36. The molecule has 3 heteroatoms. The first kappa shape index (κ1) is 9.96. The third-order valence-electron chi connectivity index (χ3n) is 2.58. The van der Waals surface area contributed by atoms with E-state index in [4.69, 9.17) is 0 Å². The van der Waals surface area contributed by atoms with Crippen LogP contribution < -0.4 is 5.32 Å². The first-order valence-corrected chi connectivity index (χ1v) is 4.80. The lowest BCUT2D eigenvalue weighted by Gasteiger charge is -2.23. The number of aliphatic hydroxyl groups is 1. The van der Waals surface area contributed by atoms with Crippen LogP contribution in [0.25, 0.3) is 0 Å². The molecular formula is C9H20N2O. The molecule has 1 saturated heterocycles. The molecule has 0 amide bonds. The standard InChI is InChI=1S/C9H20N2O/c1-8-4-3-5-11(8)7-9(12)6-10-2/h8-10,12H,3-7H2,1-2H3. The second kappa shape index (κ2) is 4.80. The Hall–Kier alpha value is -0.120. The van der Waals surface area contributed by atoms with Gasteiger partial charge in [0.15, 0.2) is 0 Å². The molecule has 1 heterocycles. The SMILES string of the molecule is CNCC(O)CN1CCCC1C. The minimum atomic E-state index is -0.212. The number of likely N-dealkylation sites (tertiary alicyclic amines) is 1. The van der Waals surface area contributed by atoms with Crippen molar-refractivity contribution in [3.63, 3.8) is 0 Å². The van der Waals surface area contributed by atoms with E-state index in [-0.39, 0.29) is 6.10 Å². The third-order valence-corrected chi connectivity index (χ3v) is 2.58. The van der Waals surface area contributed by atoms with Gasteiger partial charge >= 0.3 is 0 Å². The van der Waals surface area contributed by atoms with Crippen molar-refractivity contribution in [2.45, 2.75) is 31.9 Å². The highest BCUT2D eigenvalue weighted by Crippen LogP contribution is 2.15. The molecule has 72 valence electrons. The van der Waals surface area contributed by atoms with Crippen LogP contribution in [0.15, 0.2) is 0 Å². The van der Waals surface area contributed by atoms with Crippen LogP contribution in [0.5, 0.6) is 0 Å². The Morgan fingerprint density at radius 1 is 1.67 bits per heavy atom. The van der Waals surface area contributed by atoms with Gasteiger partial charge in [0.05, 0.1) is 6.10 Å². The smallest absolute Gasteiger partial charge is 0.0791 e. The molecule has 1 aliphatic rings. The van der Waals surface area contributed by atoms with Gasteiger partial charge in [-0.3, -0.25) is 4.90 Å². The van der Waals surface area contributed by atoms with E-state index < -0.39 is 0 Å². The number of nitrogens with zero attached hydrogens (tertiary/aromatic N) is 1. The molecule has 2 N–H and O–H groups in total. The summed E-state index contributed by atoms with van der Waals surface area (Å²) >= 11 is 0. The topological polar surface area (TPSA) is 35.5 Å². The summed E-state index contributed by atoms with van der Waals surface area (Å²) in [5, 5.41) is 12.5. The van der Waals surface area contributed by atoms with Crippen LogP contribution >= 0.6 is 0 Å². The minimum Gasteiger partial charge on any atom is -0.390 e. The molecule has 1 aliphatic heterocycles. The molecule has 2 unspecified atom stereocenters. The van der Waals surface area contributed by atoms with E-state index in [0.29, 0.717) is 12.6 Å². The molecular weight excluding hydrogens is 152 g/mol. The van der Waals surface area contributed by atoms with Crippen LogP contribution in [0.1, 0.15) is 19.8 Å². The van der Waals surface area contributed by atoms with Gasteiger partial charge < -0.3 is 10.4 Å². The summed E-state index contributed by atoms with van der Waals surface area (Å²) < 4.78 is 0. The molecule has 0 aromatic carbocycles. The zero-order valence-corrected chi connectivity index (χ0v) is 8.08. The molecule has 12 heavy (non-hydrogen) atoms. The summed E-state index contributed by atoms with van der Waals surface area (Å²) in [5.74, 6) is 0. The maximum Gasteiger partial charge on any atom is 0.0791 e. The molecule has 0 spiro atoms. The fourth-order valence-electron chi connectivity index (χ4n) is 1.83. The minimum absolute atomic E-state index is 0.212. The molecule has 3 nitrogen and oxygen atoms in total. The second-order valence-corrected chi connectivity index (χ2v) is 3.70. The fourth-order valence-corrected chi connectivity index (χ4v) is 1.83. The molecule has 0 aromatic heterocycles. The predicted octanol–water partition coefficient (Wildman–Crippen LogP) is 0.0510. The lowest BCUT2D eigenvalue weighted by Crippen LogP contribution is -2.38. The van der Waals surface area contributed by atoms with Crippen molar-refractivity contribution in [1.29, 1.82) is 0 Å². The van der Waals surface area contributed by atoms with E-state index in [1.807, 2.05) is 7.05 Å². The summed E-state index contributed by atoms with van der Waals surface area (Å²) in [5.41, 5.74) is 0. The van der Waals surface area contributed by atoms with Crippen molar-refractivity contribution in [1.82, 2.24) is 10.2 Å². The van der Waals surface area contributed by atoms with Crippen LogP contribution in [0.2, 0.25) is 0 Å². The summed E-state index contributed by atoms with van der Waals surface area (Å²) in [7, 11) is 1.87. The van der Waals surface area contributed by atoms with E-state index in [9.17, 15) is 5.11 Å². The van der Waals surface area contributed by atoms with Crippen LogP contribution in [0, 0.1) is 0 Å². The largest absolute Gasteiger partial charge is 0.390 e. The molecule has 0 aromatic rings. The summed E-state index contributed by atoms with van der Waals surface area (Å²) in [6, 6.07) is 0.663. The average molecular weight is 172 g/mol. The van der Waals surface area contributed by atoms with Crippen LogP contribution in [-0.4, -0.2) is 48.8 Å². The highest BCUT2D eigenvalue weighted by molar-refractivity contribution is 4.77. The van der Waals surface area contributed by atoms with Gasteiger partial charge in [0.1, 0.15) is 0 Å². The highest BCUT2D eigenvalue weighted by Gasteiger charge is 2.21. The first-order valence-electron chi connectivity index (χ1n) is 4.80. The van der Waals surface area contributed by atoms with E-state index in [1.165, 1.54) is 12.8 Å². The van der Waals surface area contributed by atoms with Gasteiger partial charge in [0, 0.05) is 19.1 Å². The number of nitrogens with one attached hydrogen (secondary N) is 1. The van der Waals surface area contributed by atoms with Gasteiger partial charge in [-0.05, 0) is 33.4 Å². The fraction of sp³-hybridized carbons (Fsp3) is 1.00. The molecule has 0 aliphatic carbocycles. The van der Waals surface area contributed by atoms with Gasteiger partial charge in [-0.25, -0.2) is 0 Å². The summed E-state index contributed by atoms with van der Waals surface area (Å²) in [4.78, 5) is 2.36. The zero-order valence-electron chi connectivity index (χ0n) is 8.08. The van der Waals surface area contributed by atoms with Crippen LogP contribution in [0.4, 0.5) is 0 Å². The highest BCUT2D eigenvalue weighted by atomic mass is 16.3. The number of hydrogen-bond acceptors (Lipinski definition) is 3. The monoisotopic (exact) mass is 172 g/mol. The number of likely N-dealkylation sites (N-methyl/N-ethyl adjacent to an activating group) is 1. The second-order valence-electron chi connectivity index (χ2n) is 3.70. The predicted molar refractivity (Wildman–Crippen MR) is 50.2 cm³/mol. The average Bonchev–Trinajstić information content (AvgIpc) is 2.37. The number of hydrogen-bond donors (Lipinski definition) is 2. The first-order chi connectivity index (χ1) is 5.74. The van der Waals surface area contributed by atoms with Gasteiger partial charge in [0.2, 0.25) is 0 Å². The maximum absolute atomic E-state index is 9.52. The van der Waals surface area contributed by atoms with Crippen molar-refractivity contribution in [2.24, 2.45) is 0 Å². The summed E-state index contributed by atoms with van der Waals surface area (Å²) in [6.45, 7) is 4.91. The van der Waals surface area contributed by atoms with Crippen LogP contribution in [-0.2, 0) is 0 Å². The van der Waals surface area contributed by atoms with Crippen molar-refractivity contribution < 1.29 is 5.11 Å². The quantitative estimate of drug-likeness (QED) is 0.629. The lowest BCUT2D eigenvalue weighted by atomic mass is 10.2. The molecule has 0 radical (unpaired) electrons. The number of β-amino-alcohol motifs (C(OH)–C–C–N with tert-alkyl or cyclic N) is 1. The van der Waals surface area contributed by atoms with E-state index in [1.54, 1.807) is 0 Å².